The number of hydrogen-bond acceptors (Lipinski definition) is 3. The van der Waals surface area contributed by atoms with Crippen LogP contribution in [0.2, 0.25) is 5.02 Å². The lowest BCUT2D eigenvalue weighted by molar-refractivity contribution is -0.136. The average Bonchev–Trinajstić information content (AvgIpc) is 2.34. The molecule has 1 aromatic carbocycles. The van der Waals surface area contributed by atoms with E-state index in [-0.39, 0.29) is 12.5 Å². The number of carbonyl (C=O) groups is 2. The van der Waals surface area contributed by atoms with E-state index >= 15 is 0 Å². The standard InChI is InChI=1S/C12H14ClNO3S/c1-18-7-6-11(15)14(8-12(16)17)10-4-2-9(13)3-5-10/h2-5H,6-8H2,1H3,(H,16,17). The molecule has 0 saturated carbocycles. The lowest BCUT2D eigenvalue weighted by Gasteiger charge is -2.20. The number of benzene rings is 1. The highest BCUT2D eigenvalue weighted by atomic mass is 35.5. The van der Waals surface area contributed by atoms with Gasteiger partial charge in [0.1, 0.15) is 6.54 Å². The predicted octanol–water partition coefficient (Wildman–Crippen LogP) is 2.51. The summed E-state index contributed by atoms with van der Waals surface area (Å²) in [6.45, 7) is -0.338. The molecule has 0 aliphatic carbocycles. The minimum atomic E-state index is -1.04. The van der Waals surface area contributed by atoms with Gasteiger partial charge in [-0.05, 0) is 30.5 Å². The van der Waals surface area contributed by atoms with Crippen molar-refractivity contribution in [1.82, 2.24) is 0 Å². The fraction of sp³-hybridized carbons (Fsp3) is 0.333. The zero-order valence-corrected chi connectivity index (χ0v) is 11.5. The quantitative estimate of drug-likeness (QED) is 0.873. The summed E-state index contributed by atoms with van der Waals surface area (Å²) in [5.41, 5.74) is 0.549. The highest BCUT2D eigenvalue weighted by Crippen LogP contribution is 2.19. The highest BCUT2D eigenvalue weighted by Gasteiger charge is 2.18. The molecule has 0 saturated heterocycles. The average molecular weight is 288 g/mol. The van der Waals surface area contributed by atoms with Crippen molar-refractivity contribution in [3.63, 3.8) is 0 Å². The number of aliphatic carboxylic acids is 1. The van der Waals surface area contributed by atoms with Crippen LogP contribution >= 0.6 is 23.4 Å². The van der Waals surface area contributed by atoms with Crippen molar-refractivity contribution in [2.24, 2.45) is 0 Å². The van der Waals surface area contributed by atoms with Crippen LogP contribution in [-0.4, -0.2) is 35.5 Å². The molecule has 0 bridgehead atoms. The number of anilines is 1. The van der Waals surface area contributed by atoms with Crippen LogP contribution in [0.4, 0.5) is 5.69 Å². The Labute approximate surface area is 115 Å². The van der Waals surface area contributed by atoms with Crippen LogP contribution in [-0.2, 0) is 9.59 Å². The van der Waals surface area contributed by atoms with Gasteiger partial charge in [0.25, 0.3) is 0 Å². The third-order valence-corrected chi connectivity index (χ3v) is 3.12. The molecule has 0 atom stereocenters. The first-order chi connectivity index (χ1) is 8.54. The fourth-order valence-corrected chi connectivity index (χ4v) is 1.91. The maximum atomic E-state index is 11.9. The molecule has 0 spiro atoms. The minimum Gasteiger partial charge on any atom is -0.480 e. The van der Waals surface area contributed by atoms with Crippen molar-refractivity contribution in [3.8, 4) is 0 Å². The molecule has 0 radical (unpaired) electrons. The normalized spacial score (nSPS) is 10.1. The Bertz CT molecular complexity index is 422. The fourth-order valence-electron chi connectivity index (χ4n) is 1.40. The zero-order chi connectivity index (χ0) is 13.5. The van der Waals surface area contributed by atoms with Crippen LogP contribution in [0.3, 0.4) is 0 Å². The van der Waals surface area contributed by atoms with Gasteiger partial charge in [-0.2, -0.15) is 11.8 Å². The van der Waals surface area contributed by atoms with E-state index in [2.05, 4.69) is 0 Å². The Hall–Kier alpha value is -1.20. The monoisotopic (exact) mass is 287 g/mol. The van der Waals surface area contributed by atoms with Crippen LogP contribution in [0, 0.1) is 0 Å². The summed E-state index contributed by atoms with van der Waals surface area (Å²) in [4.78, 5) is 24.0. The van der Waals surface area contributed by atoms with E-state index in [9.17, 15) is 9.59 Å². The molecular weight excluding hydrogens is 274 g/mol. The van der Waals surface area contributed by atoms with Gasteiger partial charge in [-0.3, -0.25) is 9.59 Å². The van der Waals surface area contributed by atoms with Gasteiger partial charge in [0.2, 0.25) is 5.91 Å². The van der Waals surface area contributed by atoms with Crippen molar-refractivity contribution in [1.29, 1.82) is 0 Å². The number of carbonyl (C=O) groups excluding carboxylic acids is 1. The summed E-state index contributed by atoms with van der Waals surface area (Å²) in [5.74, 6) is -0.570. The molecule has 0 heterocycles. The number of carboxylic acid groups (broad SMARTS) is 1. The Morgan fingerprint density at radius 3 is 2.44 bits per heavy atom. The van der Waals surface area contributed by atoms with E-state index in [4.69, 9.17) is 16.7 Å². The number of thioether (sulfide) groups is 1. The third-order valence-electron chi connectivity index (χ3n) is 2.25. The highest BCUT2D eigenvalue weighted by molar-refractivity contribution is 7.98. The van der Waals surface area contributed by atoms with Crippen LogP contribution in [0.15, 0.2) is 24.3 Å². The molecule has 0 aliphatic rings. The number of nitrogens with zero attached hydrogens (tertiary/aromatic N) is 1. The molecule has 0 fully saturated rings. The van der Waals surface area contributed by atoms with Gasteiger partial charge in [-0.1, -0.05) is 11.6 Å². The van der Waals surface area contributed by atoms with Gasteiger partial charge in [0.15, 0.2) is 0 Å². The van der Waals surface area contributed by atoms with Gasteiger partial charge in [0.05, 0.1) is 0 Å². The second-order valence-electron chi connectivity index (χ2n) is 3.59. The second-order valence-corrected chi connectivity index (χ2v) is 5.01. The number of amides is 1. The van der Waals surface area contributed by atoms with Crippen LogP contribution in [0.5, 0.6) is 0 Å². The summed E-state index contributed by atoms with van der Waals surface area (Å²) >= 11 is 7.31. The molecule has 98 valence electrons. The Balaban J connectivity index is 2.86. The SMILES string of the molecule is CSCCC(=O)N(CC(=O)O)c1ccc(Cl)cc1. The molecule has 0 unspecified atom stereocenters. The van der Waals surface area contributed by atoms with Crippen LogP contribution in [0.25, 0.3) is 0 Å². The number of hydrogen-bond donors (Lipinski definition) is 1. The van der Waals surface area contributed by atoms with Crippen LogP contribution in [0.1, 0.15) is 6.42 Å². The zero-order valence-electron chi connectivity index (χ0n) is 9.93. The summed E-state index contributed by atoms with van der Waals surface area (Å²) < 4.78 is 0. The second kappa shape index (κ2) is 7.28. The molecule has 0 aliphatic heterocycles. The van der Waals surface area contributed by atoms with Gasteiger partial charge in [-0.15, -0.1) is 0 Å². The molecule has 0 aromatic heterocycles. The lowest BCUT2D eigenvalue weighted by Crippen LogP contribution is -2.35. The summed E-state index contributed by atoms with van der Waals surface area (Å²) in [6, 6.07) is 6.55. The van der Waals surface area contributed by atoms with E-state index in [0.29, 0.717) is 22.9 Å². The Morgan fingerprint density at radius 1 is 1.33 bits per heavy atom. The summed E-state index contributed by atoms with van der Waals surface area (Å²) in [5, 5.41) is 9.40. The molecule has 18 heavy (non-hydrogen) atoms. The van der Waals surface area contributed by atoms with E-state index < -0.39 is 5.97 Å². The number of carboxylic acids is 1. The summed E-state index contributed by atoms with van der Waals surface area (Å²) in [7, 11) is 0. The van der Waals surface area contributed by atoms with Crippen molar-refractivity contribution in [3.05, 3.63) is 29.3 Å². The largest absolute Gasteiger partial charge is 0.480 e. The molecule has 1 amide bonds. The Morgan fingerprint density at radius 2 is 1.94 bits per heavy atom. The molecule has 6 heteroatoms. The smallest absolute Gasteiger partial charge is 0.323 e. The lowest BCUT2D eigenvalue weighted by atomic mass is 10.2. The molecule has 1 N–H and O–H groups in total. The minimum absolute atomic E-state index is 0.200. The van der Waals surface area contributed by atoms with Crippen LogP contribution < -0.4 is 4.90 Å². The first kappa shape index (κ1) is 14.9. The van der Waals surface area contributed by atoms with E-state index in [1.165, 1.54) is 4.90 Å². The molecule has 4 nitrogen and oxygen atoms in total. The van der Waals surface area contributed by atoms with Crippen molar-refractivity contribution in [2.75, 3.05) is 23.5 Å². The van der Waals surface area contributed by atoms with Gasteiger partial charge in [0, 0.05) is 22.9 Å². The van der Waals surface area contributed by atoms with E-state index in [1.54, 1.807) is 36.0 Å². The van der Waals surface area contributed by atoms with Crippen molar-refractivity contribution >= 4 is 40.9 Å². The molecule has 1 rings (SSSR count). The third kappa shape index (κ3) is 4.58. The Kier molecular flexibility index (Phi) is 6.01. The van der Waals surface area contributed by atoms with Crippen molar-refractivity contribution in [2.45, 2.75) is 6.42 Å². The van der Waals surface area contributed by atoms with Crippen molar-refractivity contribution < 1.29 is 14.7 Å². The molecule has 1 aromatic rings. The van der Waals surface area contributed by atoms with E-state index in [0.717, 1.165) is 0 Å². The predicted molar refractivity (Wildman–Crippen MR) is 74.4 cm³/mol. The van der Waals surface area contributed by atoms with Gasteiger partial charge < -0.3 is 10.0 Å². The van der Waals surface area contributed by atoms with Gasteiger partial charge >= 0.3 is 5.97 Å². The topological polar surface area (TPSA) is 57.6 Å². The first-order valence-corrected chi connectivity index (χ1v) is 7.08. The number of halogens is 1. The maximum Gasteiger partial charge on any atom is 0.323 e. The maximum absolute atomic E-state index is 11.9. The molecular formula is C12H14ClNO3S. The summed E-state index contributed by atoms with van der Waals surface area (Å²) in [6.07, 6.45) is 2.22. The number of rotatable bonds is 6. The van der Waals surface area contributed by atoms with E-state index in [1.807, 2.05) is 6.26 Å². The van der Waals surface area contributed by atoms with Gasteiger partial charge in [-0.25, -0.2) is 0 Å². The first-order valence-electron chi connectivity index (χ1n) is 5.31.